The van der Waals surface area contributed by atoms with Crippen molar-refractivity contribution < 1.29 is 4.79 Å². The van der Waals surface area contributed by atoms with Crippen molar-refractivity contribution in [3.63, 3.8) is 0 Å². The van der Waals surface area contributed by atoms with Gasteiger partial charge in [-0.1, -0.05) is 13.3 Å². The third-order valence-electron chi connectivity index (χ3n) is 2.60. The van der Waals surface area contributed by atoms with Crippen LogP contribution in [-0.2, 0) is 4.79 Å². The molecule has 1 rings (SSSR count). The average molecular weight is 184 g/mol. The molecular weight excluding hydrogens is 164 g/mol. The first kappa shape index (κ1) is 10.5. The Labute approximate surface area is 80.3 Å². The molecule has 1 heterocycles. The SMILES string of the molecule is CCCC(N)CCN1CCCC1=O. The summed E-state index contributed by atoms with van der Waals surface area (Å²) in [5, 5.41) is 0. The van der Waals surface area contributed by atoms with E-state index >= 15 is 0 Å². The lowest BCUT2D eigenvalue weighted by molar-refractivity contribution is -0.127. The molecule has 1 aliphatic rings. The molecule has 0 aromatic carbocycles. The number of nitrogens with zero attached hydrogens (tertiary/aromatic N) is 1. The molecule has 0 radical (unpaired) electrons. The zero-order chi connectivity index (χ0) is 9.68. The fourth-order valence-electron chi connectivity index (χ4n) is 1.78. The second kappa shape index (κ2) is 5.22. The minimum Gasteiger partial charge on any atom is -0.343 e. The van der Waals surface area contributed by atoms with Crippen molar-refractivity contribution in [3.8, 4) is 0 Å². The van der Waals surface area contributed by atoms with Gasteiger partial charge >= 0.3 is 0 Å². The summed E-state index contributed by atoms with van der Waals surface area (Å²) < 4.78 is 0. The van der Waals surface area contributed by atoms with Gasteiger partial charge in [0.15, 0.2) is 0 Å². The van der Waals surface area contributed by atoms with Gasteiger partial charge in [-0.05, 0) is 19.3 Å². The van der Waals surface area contributed by atoms with Crippen molar-refractivity contribution in [1.82, 2.24) is 4.90 Å². The highest BCUT2D eigenvalue weighted by molar-refractivity contribution is 5.77. The van der Waals surface area contributed by atoms with E-state index in [1.165, 1.54) is 0 Å². The minimum atomic E-state index is 0.276. The van der Waals surface area contributed by atoms with Gasteiger partial charge < -0.3 is 10.6 Å². The number of rotatable bonds is 5. The van der Waals surface area contributed by atoms with Gasteiger partial charge in [0.05, 0.1) is 0 Å². The number of hydrogen-bond donors (Lipinski definition) is 1. The van der Waals surface area contributed by atoms with Gasteiger partial charge in [-0.2, -0.15) is 0 Å². The van der Waals surface area contributed by atoms with Gasteiger partial charge in [0, 0.05) is 25.6 Å². The van der Waals surface area contributed by atoms with Crippen LogP contribution in [0.25, 0.3) is 0 Å². The van der Waals surface area contributed by atoms with E-state index in [0.717, 1.165) is 45.2 Å². The molecular formula is C10H20N2O. The fraction of sp³-hybridized carbons (Fsp3) is 0.900. The third kappa shape index (κ3) is 3.35. The first-order valence-electron chi connectivity index (χ1n) is 5.27. The van der Waals surface area contributed by atoms with Crippen molar-refractivity contribution in [2.24, 2.45) is 5.73 Å². The first-order chi connectivity index (χ1) is 6.24. The molecule has 13 heavy (non-hydrogen) atoms. The van der Waals surface area contributed by atoms with E-state index in [9.17, 15) is 4.79 Å². The Morgan fingerprint density at radius 1 is 1.54 bits per heavy atom. The molecule has 0 spiro atoms. The fourth-order valence-corrected chi connectivity index (χ4v) is 1.78. The van der Waals surface area contributed by atoms with Crippen LogP contribution in [0.2, 0.25) is 0 Å². The van der Waals surface area contributed by atoms with Crippen LogP contribution in [0, 0.1) is 0 Å². The predicted octanol–water partition coefficient (Wildman–Crippen LogP) is 1.13. The van der Waals surface area contributed by atoms with Crippen LogP contribution in [0.1, 0.15) is 39.0 Å². The molecule has 1 unspecified atom stereocenters. The summed E-state index contributed by atoms with van der Waals surface area (Å²) in [5.74, 6) is 0.309. The maximum absolute atomic E-state index is 11.2. The van der Waals surface area contributed by atoms with E-state index in [4.69, 9.17) is 5.73 Å². The topological polar surface area (TPSA) is 46.3 Å². The molecule has 0 bridgehead atoms. The van der Waals surface area contributed by atoms with E-state index in [0.29, 0.717) is 5.91 Å². The molecule has 0 saturated carbocycles. The first-order valence-corrected chi connectivity index (χ1v) is 5.27. The van der Waals surface area contributed by atoms with Crippen LogP contribution in [0.5, 0.6) is 0 Å². The van der Waals surface area contributed by atoms with Crippen LogP contribution in [0.3, 0.4) is 0 Å². The third-order valence-corrected chi connectivity index (χ3v) is 2.60. The van der Waals surface area contributed by atoms with Crippen molar-refractivity contribution in [2.75, 3.05) is 13.1 Å². The normalized spacial score (nSPS) is 19.5. The Bertz CT molecular complexity index is 170. The Morgan fingerprint density at radius 2 is 2.31 bits per heavy atom. The quantitative estimate of drug-likeness (QED) is 0.696. The largest absolute Gasteiger partial charge is 0.343 e. The van der Waals surface area contributed by atoms with Crippen LogP contribution in [0.15, 0.2) is 0 Å². The van der Waals surface area contributed by atoms with E-state index in [-0.39, 0.29) is 6.04 Å². The Kier molecular flexibility index (Phi) is 4.22. The number of hydrogen-bond acceptors (Lipinski definition) is 2. The molecule has 1 saturated heterocycles. The predicted molar refractivity (Wildman–Crippen MR) is 53.3 cm³/mol. The van der Waals surface area contributed by atoms with Gasteiger partial charge in [-0.25, -0.2) is 0 Å². The van der Waals surface area contributed by atoms with Crippen LogP contribution < -0.4 is 5.73 Å². The van der Waals surface area contributed by atoms with Gasteiger partial charge in [0.25, 0.3) is 0 Å². The molecule has 1 fully saturated rings. The summed E-state index contributed by atoms with van der Waals surface area (Å²) in [6, 6.07) is 0.276. The van der Waals surface area contributed by atoms with Gasteiger partial charge in [0.2, 0.25) is 5.91 Å². The summed E-state index contributed by atoms with van der Waals surface area (Å²) >= 11 is 0. The van der Waals surface area contributed by atoms with E-state index in [1.54, 1.807) is 0 Å². The molecule has 1 aliphatic heterocycles. The summed E-state index contributed by atoms with van der Waals surface area (Å²) in [4.78, 5) is 13.2. The molecule has 0 aliphatic carbocycles. The van der Waals surface area contributed by atoms with Gasteiger partial charge in [0.1, 0.15) is 0 Å². The summed E-state index contributed by atoms with van der Waals surface area (Å²) in [6.45, 7) is 3.94. The Hall–Kier alpha value is -0.570. The van der Waals surface area contributed by atoms with Gasteiger partial charge in [-0.15, -0.1) is 0 Å². The molecule has 0 aromatic heterocycles. The van der Waals surface area contributed by atoms with E-state index in [1.807, 2.05) is 4.90 Å². The van der Waals surface area contributed by atoms with E-state index in [2.05, 4.69) is 6.92 Å². The summed E-state index contributed by atoms with van der Waals surface area (Å²) in [6.07, 6.45) is 4.93. The zero-order valence-electron chi connectivity index (χ0n) is 8.46. The highest BCUT2D eigenvalue weighted by Crippen LogP contribution is 2.10. The smallest absolute Gasteiger partial charge is 0.222 e. The van der Waals surface area contributed by atoms with Gasteiger partial charge in [-0.3, -0.25) is 4.79 Å². The lowest BCUT2D eigenvalue weighted by atomic mass is 10.1. The number of nitrogens with two attached hydrogens (primary N) is 1. The Balaban J connectivity index is 2.14. The number of carbonyl (C=O) groups is 1. The highest BCUT2D eigenvalue weighted by Gasteiger charge is 2.19. The molecule has 2 N–H and O–H groups in total. The number of carbonyl (C=O) groups excluding carboxylic acids is 1. The molecule has 3 nitrogen and oxygen atoms in total. The molecule has 1 atom stereocenters. The highest BCUT2D eigenvalue weighted by atomic mass is 16.2. The second-order valence-electron chi connectivity index (χ2n) is 3.82. The second-order valence-corrected chi connectivity index (χ2v) is 3.82. The summed E-state index contributed by atoms with van der Waals surface area (Å²) in [5.41, 5.74) is 5.87. The lowest BCUT2D eigenvalue weighted by Gasteiger charge is -2.18. The lowest BCUT2D eigenvalue weighted by Crippen LogP contribution is -2.31. The van der Waals surface area contributed by atoms with Crippen molar-refractivity contribution in [3.05, 3.63) is 0 Å². The molecule has 76 valence electrons. The van der Waals surface area contributed by atoms with Crippen LogP contribution >= 0.6 is 0 Å². The standard InChI is InChI=1S/C10H20N2O/c1-2-4-9(11)6-8-12-7-3-5-10(12)13/h9H,2-8,11H2,1H3. The minimum absolute atomic E-state index is 0.276. The zero-order valence-corrected chi connectivity index (χ0v) is 8.46. The number of likely N-dealkylation sites (tertiary alicyclic amines) is 1. The maximum Gasteiger partial charge on any atom is 0.222 e. The summed E-state index contributed by atoms with van der Waals surface area (Å²) in [7, 11) is 0. The number of amides is 1. The maximum atomic E-state index is 11.2. The van der Waals surface area contributed by atoms with Crippen LogP contribution in [-0.4, -0.2) is 29.9 Å². The van der Waals surface area contributed by atoms with Crippen LogP contribution in [0.4, 0.5) is 0 Å². The van der Waals surface area contributed by atoms with E-state index < -0.39 is 0 Å². The molecule has 1 amide bonds. The van der Waals surface area contributed by atoms with Crippen molar-refractivity contribution >= 4 is 5.91 Å². The Morgan fingerprint density at radius 3 is 2.85 bits per heavy atom. The van der Waals surface area contributed by atoms with Crippen molar-refractivity contribution in [2.45, 2.75) is 45.1 Å². The molecule has 3 heteroatoms. The van der Waals surface area contributed by atoms with Crippen molar-refractivity contribution in [1.29, 1.82) is 0 Å². The monoisotopic (exact) mass is 184 g/mol. The molecule has 0 aromatic rings. The average Bonchev–Trinajstić information content (AvgIpc) is 2.48.